The number of esters is 2. The van der Waals surface area contributed by atoms with Gasteiger partial charge in [-0.15, -0.1) is 0 Å². The van der Waals surface area contributed by atoms with Crippen molar-refractivity contribution in [1.29, 1.82) is 0 Å². The molecule has 0 aromatic heterocycles. The molecule has 2 unspecified atom stereocenters. The van der Waals surface area contributed by atoms with E-state index in [4.69, 9.17) is 18.5 Å². The maximum absolute atomic E-state index is 12.8. The van der Waals surface area contributed by atoms with Crippen LogP contribution in [0.2, 0.25) is 0 Å². The molecule has 0 N–H and O–H groups in total. The van der Waals surface area contributed by atoms with Crippen LogP contribution in [0.15, 0.2) is 0 Å². The summed E-state index contributed by atoms with van der Waals surface area (Å²) in [6.07, 6.45) is 36.9. The molecule has 58 heavy (non-hydrogen) atoms. The summed E-state index contributed by atoms with van der Waals surface area (Å²) >= 11 is 0. The average molecular weight is 848 g/mol. The summed E-state index contributed by atoms with van der Waals surface area (Å²) in [7, 11) is -4.65. The molecule has 0 aliphatic carbocycles. The third-order valence-corrected chi connectivity index (χ3v) is 12.9. The number of rotatable bonds is 45. The van der Waals surface area contributed by atoms with Gasteiger partial charge in [-0.05, 0) is 33.6 Å². The Hall–Kier alpha value is -0.990. The van der Waals surface area contributed by atoms with Crippen LogP contribution in [0.1, 0.15) is 248 Å². The fourth-order valence-electron chi connectivity index (χ4n) is 7.60. The molecule has 0 saturated carbocycles. The molecule has 10 heteroatoms. The van der Waals surface area contributed by atoms with E-state index in [1.807, 2.05) is 0 Å². The zero-order valence-electron chi connectivity index (χ0n) is 38.3. The van der Waals surface area contributed by atoms with Crippen molar-refractivity contribution in [3.63, 3.8) is 0 Å². The standard InChI is InChI=1S/C47H94NO8P.CH4/c1-6-11-13-15-17-19-21-23-25-27-29-31-33-35-37-39-46(49)53-43-45(44-55-57(51,52)54-42-41-48(8-3,9-4)10-5)56-47(50)40-38-36-34-32-30-28-26-24-22-20-18-16-14-12-7-2;/h45H,6-44H2,1-5H3;1H4. The van der Waals surface area contributed by atoms with Gasteiger partial charge in [-0.25, -0.2) is 0 Å². The van der Waals surface area contributed by atoms with Crippen LogP contribution in [0.4, 0.5) is 0 Å². The quantitative estimate of drug-likeness (QED) is 0.0258. The van der Waals surface area contributed by atoms with E-state index in [1.54, 1.807) is 0 Å². The minimum Gasteiger partial charge on any atom is -0.756 e. The molecule has 0 aromatic carbocycles. The lowest BCUT2D eigenvalue weighted by Crippen LogP contribution is -2.49. The smallest absolute Gasteiger partial charge is 0.306 e. The van der Waals surface area contributed by atoms with Crippen LogP contribution in [-0.2, 0) is 32.7 Å². The second-order valence-corrected chi connectivity index (χ2v) is 18.2. The van der Waals surface area contributed by atoms with Gasteiger partial charge in [-0.3, -0.25) is 14.2 Å². The van der Waals surface area contributed by atoms with Gasteiger partial charge in [0, 0.05) is 12.8 Å². The Kier molecular flexibility index (Phi) is 43.5. The van der Waals surface area contributed by atoms with E-state index >= 15 is 0 Å². The number of hydrogen-bond donors (Lipinski definition) is 0. The largest absolute Gasteiger partial charge is 0.756 e. The lowest BCUT2D eigenvalue weighted by Gasteiger charge is -2.36. The Morgan fingerprint density at radius 3 is 1.16 bits per heavy atom. The highest BCUT2D eigenvalue weighted by atomic mass is 31.2. The fraction of sp³-hybridized carbons (Fsp3) is 0.958. The van der Waals surface area contributed by atoms with Gasteiger partial charge >= 0.3 is 11.9 Å². The molecule has 0 radical (unpaired) electrons. The SMILES string of the molecule is C.CCCCCCCCCCCCCCCCCC(=O)OCC(COP(=O)([O-])OCC[N+](CC)(CC)CC)OC(=O)CCCCCCCCCCCCCCCCC. The molecule has 0 aliphatic rings. The van der Waals surface area contributed by atoms with Crippen molar-refractivity contribution in [2.24, 2.45) is 0 Å². The number of quaternary nitrogens is 1. The van der Waals surface area contributed by atoms with Gasteiger partial charge in [-0.1, -0.05) is 201 Å². The molecule has 0 amide bonds. The first-order valence-electron chi connectivity index (χ1n) is 24.5. The van der Waals surface area contributed by atoms with Crippen LogP contribution in [0.25, 0.3) is 0 Å². The first-order chi connectivity index (χ1) is 27.7. The molecular weight excluding hydrogens is 750 g/mol. The molecule has 0 saturated heterocycles. The first kappa shape index (κ1) is 59.1. The highest BCUT2D eigenvalue weighted by Crippen LogP contribution is 2.38. The lowest BCUT2D eigenvalue weighted by molar-refractivity contribution is -0.923. The van der Waals surface area contributed by atoms with Crippen LogP contribution in [0.3, 0.4) is 0 Å². The van der Waals surface area contributed by atoms with Crippen molar-refractivity contribution in [3.05, 3.63) is 0 Å². The summed E-state index contributed by atoms with van der Waals surface area (Å²) in [6, 6.07) is 0. The van der Waals surface area contributed by atoms with E-state index < -0.39 is 26.5 Å². The number of carbonyl (C=O) groups is 2. The molecule has 0 aromatic rings. The summed E-state index contributed by atoms with van der Waals surface area (Å²) in [4.78, 5) is 38.0. The van der Waals surface area contributed by atoms with Gasteiger partial charge in [0.2, 0.25) is 0 Å². The van der Waals surface area contributed by atoms with Crippen LogP contribution >= 0.6 is 7.82 Å². The molecule has 9 nitrogen and oxygen atoms in total. The second kappa shape index (κ2) is 42.7. The lowest BCUT2D eigenvalue weighted by atomic mass is 10.0. The Balaban J connectivity index is 0. The van der Waals surface area contributed by atoms with Crippen molar-refractivity contribution in [2.75, 3.05) is 46.0 Å². The number of phosphoric ester groups is 1. The maximum atomic E-state index is 12.8. The number of hydrogen-bond acceptors (Lipinski definition) is 8. The van der Waals surface area contributed by atoms with Gasteiger partial charge in [0.1, 0.15) is 19.8 Å². The summed E-state index contributed by atoms with van der Waals surface area (Å²) < 4.78 is 34.8. The van der Waals surface area contributed by atoms with Crippen LogP contribution in [0.5, 0.6) is 0 Å². The number of likely N-dealkylation sites (N-methyl/N-ethyl adjacent to an activating group) is 1. The number of carbonyl (C=O) groups excluding carboxylic acids is 2. The van der Waals surface area contributed by atoms with Gasteiger partial charge in [-0.2, -0.15) is 0 Å². The Morgan fingerprint density at radius 1 is 0.483 bits per heavy atom. The molecule has 0 heterocycles. The van der Waals surface area contributed by atoms with E-state index in [0.717, 1.165) is 56.2 Å². The predicted octanol–water partition coefficient (Wildman–Crippen LogP) is 14.0. The van der Waals surface area contributed by atoms with Gasteiger partial charge in [0.25, 0.3) is 7.82 Å². The number of ether oxygens (including phenoxy) is 2. The highest BCUT2D eigenvalue weighted by Gasteiger charge is 2.24. The van der Waals surface area contributed by atoms with E-state index in [2.05, 4.69) is 34.6 Å². The minimum absolute atomic E-state index is 0. The normalized spacial score (nSPS) is 13.2. The van der Waals surface area contributed by atoms with Gasteiger partial charge < -0.3 is 27.9 Å². The van der Waals surface area contributed by atoms with E-state index in [1.165, 1.54) is 154 Å². The monoisotopic (exact) mass is 848 g/mol. The predicted molar refractivity (Wildman–Crippen MR) is 243 cm³/mol. The molecule has 0 aliphatic heterocycles. The molecule has 0 spiro atoms. The van der Waals surface area contributed by atoms with Crippen LogP contribution < -0.4 is 4.89 Å². The summed E-state index contributed by atoms with van der Waals surface area (Å²) in [5, 5.41) is 0. The Morgan fingerprint density at radius 2 is 0.810 bits per heavy atom. The van der Waals surface area contributed by atoms with Crippen molar-refractivity contribution >= 4 is 19.8 Å². The van der Waals surface area contributed by atoms with E-state index in [9.17, 15) is 19.0 Å². The topological polar surface area (TPSA) is 111 Å². The van der Waals surface area contributed by atoms with Crippen molar-refractivity contribution in [1.82, 2.24) is 0 Å². The van der Waals surface area contributed by atoms with E-state index in [-0.39, 0.29) is 39.5 Å². The third-order valence-electron chi connectivity index (χ3n) is 11.9. The number of unbranched alkanes of at least 4 members (excludes halogenated alkanes) is 28. The zero-order valence-corrected chi connectivity index (χ0v) is 39.2. The summed E-state index contributed by atoms with van der Waals surface area (Å²) in [5.41, 5.74) is 0. The first-order valence-corrected chi connectivity index (χ1v) is 25.9. The minimum atomic E-state index is -4.65. The molecule has 0 fully saturated rings. The van der Waals surface area contributed by atoms with Crippen LogP contribution in [0, 0.1) is 0 Å². The third kappa shape index (κ3) is 38.0. The van der Waals surface area contributed by atoms with Gasteiger partial charge in [0.15, 0.2) is 6.10 Å². The molecule has 0 bridgehead atoms. The fourth-order valence-corrected chi connectivity index (χ4v) is 8.33. The highest BCUT2D eigenvalue weighted by molar-refractivity contribution is 7.45. The summed E-state index contributed by atoms with van der Waals surface area (Å²) in [6.45, 7) is 13.3. The van der Waals surface area contributed by atoms with Gasteiger partial charge in [0.05, 0.1) is 26.2 Å². The zero-order chi connectivity index (χ0) is 42.1. The van der Waals surface area contributed by atoms with Crippen molar-refractivity contribution in [2.45, 2.75) is 254 Å². The Bertz CT molecular complexity index is 938. The molecular formula is C48H98NO8P. The number of nitrogens with zero attached hydrogens (tertiary/aromatic N) is 1. The molecule has 348 valence electrons. The number of phosphoric acid groups is 1. The molecule has 0 rings (SSSR count). The van der Waals surface area contributed by atoms with Crippen LogP contribution in [-0.4, -0.2) is 68.5 Å². The maximum Gasteiger partial charge on any atom is 0.306 e. The second-order valence-electron chi connectivity index (χ2n) is 16.8. The summed E-state index contributed by atoms with van der Waals surface area (Å²) in [5.74, 6) is -0.808. The Labute approximate surface area is 360 Å². The average Bonchev–Trinajstić information content (AvgIpc) is 3.20. The van der Waals surface area contributed by atoms with Crippen molar-refractivity contribution in [3.8, 4) is 0 Å². The molecule has 2 atom stereocenters. The van der Waals surface area contributed by atoms with Crippen molar-refractivity contribution < 1.29 is 42.1 Å². The van der Waals surface area contributed by atoms with E-state index in [0.29, 0.717) is 13.0 Å².